The summed E-state index contributed by atoms with van der Waals surface area (Å²) < 4.78 is 75.8. The first kappa shape index (κ1) is 21.1. The highest BCUT2D eigenvalue weighted by molar-refractivity contribution is 7.89. The number of alkyl halides is 1. The Balaban J connectivity index is 1.42. The van der Waals surface area contributed by atoms with E-state index in [2.05, 4.69) is 9.97 Å². The number of fused-ring (bicyclic) bond motifs is 1. The molecule has 7 nitrogen and oxygen atoms in total. The largest absolute Gasteiger partial charge is 0.355 e. The highest BCUT2D eigenvalue weighted by Crippen LogP contribution is 2.40. The van der Waals surface area contributed by atoms with Crippen LogP contribution in [0.1, 0.15) is 6.42 Å². The molecule has 2 aliphatic heterocycles. The minimum Gasteiger partial charge on any atom is -0.355 e. The minimum absolute atomic E-state index is 0.0506. The molecule has 11 heteroatoms. The van der Waals surface area contributed by atoms with Crippen molar-refractivity contribution in [3.05, 3.63) is 60.3 Å². The number of halogens is 3. The normalized spacial score (nSPS) is 24.5. The molecule has 2 aromatic carbocycles. The Morgan fingerprint density at radius 2 is 1.84 bits per heavy atom. The van der Waals surface area contributed by atoms with E-state index in [0.717, 1.165) is 16.4 Å². The second-order valence-electron chi connectivity index (χ2n) is 7.74. The molecule has 0 saturated carbocycles. The first-order chi connectivity index (χ1) is 15.3. The summed E-state index contributed by atoms with van der Waals surface area (Å²) in [4.78, 5) is 10.0. The zero-order valence-corrected chi connectivity index (χ0v) is 17.6. The van der Waals surface area contributed by atoms with Gasteiger partial charge in [0.05, 0.1) is 23.6 Å². The molecular formula is C21H19F3N4O3S. The average Bonchev–Trinajstić information content (AvgIpc) is 3.22. The zero-order valence-electron chi connectivity index (χ0n) is 16.8. The average molecular weight is 464 g/mol. The van der Waals surface area contributed by atoms with Gasteiger partial charge in [-0.15, -0.1) is 0 Å². The molecule has 0 radical (unpaired) electrons. The van der Waals surface area contributed by atoms with E-state index in [-0.39, 0.29) is 49.0 Å². The molecule has 3 heterocycles. The number of aromatic nitrogens is 2. The van der Waals surface area contributed by atoms with Crippen molar-refractivity contribution in [1.82, 2.24) is 14.3 Å². The predicted molar refractivity (Wildman–Crippen MR) is 110 cm³/mol. The quantitative estimate of drug-likeness (QED) is 0.594. The van der Waals surface area contributed by atoms with Gasteiger partial charge in [0.25, 0.3) is 0 Å². The molecule has 32 heavy (non-hydrogen) atoms. The monoisotopic (exact) mass is 464 g/mol. The van der Waals surface area contributed by atoms with Crippen molar-refractivity contribution in [2.45, 2.75) is 23.2 Å². The van der Waals surface area contributed by atoms with Crippen LogP contribution in [0, 0.1) is 11.6 Å². The molecule has 2 fully saturated rings. The lowest BCUT2D eigenvalue weighted by molar-refractivity contribution is -0.116. The van der Waals surface area contributed by atoms with Crippen molar-refractivity contribution in [1.29, 1.82) is 0 Å². The Morgan fingerprint density at radius 1 is 1.09 bits per heavy atom. The highest BCUT2D eigenvalue weighted by atomic mass is 32.2. The van der Waals surface area contributed by atoms with Crippen LogP contribution in [0.25, 0.3) is 10.9 Å². The van der Waals surface area contributed by atoms with Crippen molar-refractivity contribution in [3.8, 4) is 0 Å². The molecule has 2 atom stereocenters. The van der Waals surface area contributed by atoms with E-state index in [1.807, 2.05) is 0 Å². The van der Waals surface area contributed by atoms with Gasteiger partial charge in [0.1, 0.15) is 0 Å². The third-order valence-corrected chi connectivity index (χ3v) is 7.84. The van der Waals surface area contributed by atoms with Crippen molar-refractivity contribution in [2.24, 2.45) is 0 Å². The van der Waals surface area contributed by atoms with Gasteiger partial charge in [-0.05, 0) is 18.2 Å². The molecule has 2 saturated heterocycles. The summed E-state index contributed by atoms with van der Waals surface area (Å²) in [5, 5.41) is 0.317. The number of anilines is 1. The molecule has 5 rings (SSSR count). The van der Waals surface area contributed by atoms with Crippen LogP contribution in [-0.4, -0.2) is 60.8 Å². The first-order valence-corrected chi connectivity index (χ1v) is 11.5. The summed E-state index contributed by atoms with van der Waals surface area (Å²) in [6.07, 6.45) is -0.281. The maximum absolute atomic E-state index is 15.6. The molecule has 1 aromatic heterocycles. The van der Waals surface area contributed by atoms with Crippen LogP contribution in [0.3, 0.4) is 0 Å². The number of piperidine rings is 1. The van der Waals surface area contributed by atoms with Crippen LogP contribution in [0.15, 0.2) is 53.6 Å². The van der Waals surface area contributed by atoms with E-state index < -0.39 is 33.6 Å². The summed E-state index contributed by atoms with van der Waals surface area (Å²) in [7, 11) is -3.96. The molecule has 2 aliphatic rings. The number of rotatable bonds is 3. The van der Waals surface area contributed by atoms with Crippen LogP contribution in [0.5, 0.6) is 0 Å². The SMILES string of the molecule is O=S(=O)(c1ccccc1)N1CCOC12CCN(c1ncc3cc(F)c(F)cc3n1)CC2F. The van der Waals surface area contributed by atoms with Crippen LogP contribution < -0.4 is 4.90 Å². The molecule has 3 aromatic rings. The van der Waals surface area contributed by atoms with Crippen LogP contribution in [0.4, 0.5) is 19.1 Å². The Kier molecular flexibility index (Phi) is 5.06. The van der Waals surface area contributed by atoms with Crippen molar-refractivity contribution >= 4 is 26.9 Å². The maximum atomic E-state index is 15.6. The zero-order chi connectivity index (χ0) is 22.5. The minimum atomic E-state index is -3.96. The molecule has 168 valence electrons. The molecule has 0 amide bonds. The molecule has 0 N–H and O–H groups in total. The third-order valence-electron chi connectivity index (χ3n) is 5.90. The number of nitrogens with zero attached hydrogens (tertiary/aromatic N) is 4. The Morgan fingerprint density at radius 3 is 2.59 bits per heavy atom. The third kappa shape index (κ3) is 3.31. The Bertz CT molecular complexity index is 1280. The molecule has 2 unspecified atom stereocenters. The molecular weight excluding hydrogens is 445 g/mol. The molecule has 0 aliphatic carbocycles. The second kappa shape index (κ2) is 7.68. The van der Waals surface area contributed by atoms with Gasteiger partial charge < -0.3 is 9.64 Å². The second-order valence-corrected chi connectivity index (χ2v) is 9.60. The van der Waals surface area contributed by atoms with Crippen molar-refractivity contribution in [2.75, 3.05) is 31.1 Å². The fraction of sp³-hybridized carbons (Fsp3) is 0.333. The van der Waals surface area contributed by atoms with Crippen LogP contribution in [-0.2, 0) is 14.8 Å². The fourth-order valence-corrected chi connectivity index (χ4v) is 6.02. The van der Waals surface area contributed by atoms with Gasteiger partial charge in [-0.2, -0.15) is 4.31 Å². The van der Waals surface area contributed by atoms with Crippen LogP contribution >= 0.6 is 0 Å². The van der Waals surface area contributed by atoms with Crippen molar-refractivity contribution < 1.29 is 26.3 Å². The van der Waals surface area contributed by atoms with E-state index in [0.29, 0.717) is 5.39 Å². The van der Waals surface area contributed by atoms with E-state index in [1.54, 1.807) is 23.1 Å². The summed E-state index contributed by atoms with van der Waals surface area (Å²) >= 11 is 0. The van der Waals surface area contributed by atoms with Gasteiger partial charge in [-0.25, -0.2) is 31.6 Å². The number of ether oxygens (including phenoxy) is 1. The van der Waals surface area contributed by atoms with E-state index >= 15 is 4.39 Å². The maximum Gasteiger partial charge on any atom is 0.245 e. The topological polar surface area (TPSA) is 75.6 Å². The van der Waals surface area contributed by atoms with Crippen LogP contribution in [0.2, 0.25) is 0 Å². The van der Waals surface area contributed by atoms with E-state index in [1.165, 1.54) is 18.3 Å². The lowest BCUT2D eigenvalue weighted by atomic mass is 9.99. The summed E-state index contributed by atoms with van der Waals surface area (Å²) in [6, 6.07) is 9.81. The smallest absolute Gasteiger partial charge is 0.245 e. The van der Waals surface area contributed by atoms with Gasteiger partial charge in [0.2, 0.25) is 16.0 Å². The fourth-order valence-electron chi connectivity index (χ4n) is 4.28. The number of sulfonamides is 1. The van der Waals surface area contributed by atoms with E-state index in [9.17, 15) is 17.2 Å². The number of hydrogen-bond donors (Lipinski definition) is 0. The Hall–Kier alpha value is -2.76. The summed E-state index contributed by atoms with van der Waals surface area (Å²) in [6.45, 7) is 0.144. The van der Waals surface area contributed by atoms with Gasteiger partial charge >= 0.3 is 0 Å². The highest BCUT2D eigenvalue weighted by Gasteiger charge is 2.57. The molecule has 0 bridgehead atoms. The number of benzene rings is 2. The standard InChI is InChI=1S/C21H19F3N4O3S/c22-16-10-14-12-25-20(26-18(14)11-17(16)23)27-7-6-21(19(24)13-27)28(8-9-31-21)32(29,30)15-4-2-1-3-5-15/h1-5,10-12,19H,6-9,13H2. The van der Waals surface area contributed by atoms with Gasteiger partial charge in [-0.1, -0.05) is 18.2 Å². The number of hydrogen-bond acceptors (Lipinski definition) is 6. The Labute approximate surface area is 182 Å². The van der Waals surface area contributed by atoms with Crippen molar-refractivity contribution in [3.63, 3.8) is 0 Å². The van der Waals surface area contributed by atoms with Gasteiger partial charge in [0, 0.05) is 37.2 Å². The van der Waals surface area contributed by atoms with E-state index in [4.69, 9.17) is 4.74 Å². The summed E-state index contributed by atoms with van der Waals surface area (Å²) in [5.41, 5.74) is -1.42. The lowest BCUT2D eigenvalue weighted by Crippen LogP contribution is -2.62. The van der Waals surface area contributed by atoms with Gasteiger partial charge in [-0.3, -0.25) is 0 Å². The summed E-state index contributed by atoms with van der Waals surface area (Å²) in [5.74, 6) is -1.89. The predicted octanol–water partition coefficient (Wildman–Crippen LogP) is 2.87. The molecule has 1 spiro atoms. The first-order valence-electron chi connectivity index (χ1n) is 10.0. The van der Waals surface area contributed by atoms with Gasteiger partial charge in [0.15, 0.2) is 23.5 Å². The lowest BCUT2D eigenvalue weighted by Gasteiger charge is -2.44.